The highest BCUT2D eigenvalue weighted by atomic mass is 16.5. The number of rotatable bonds is 4. The molecule has 1 aromatic heterocycles. The topological polar surface area (TPSA) is 119 Å². The molecule has 1 aliphatic heterocycles. The van der Waals surface area contributed by atoms with Gasteiger partial charge in [0, 0.05) is 5.69 Å². The molecular formula is C23H28N4O4. The number of ether oxygens (including phenoxy) is 1. The largest absolute Gasteiger partial charge is 0.481 e. The number of fused-ring (bicyclic) bond motifs is 1. The predicted octanol–water partition coefficient (Wildman–Crippen LogP) is 3.48. The van der Waals surface area contributed by atoms with E-state index in [0.29, 0.717) is 12.5 Å². The van der Waals surface area contributed by atoms with Crippen LogP contribution in [0.2, 0.25) is 0 Å². The van der Waals surface area contributed by atoms with E-state index in [-0.39, 0.29) is 41.0 Å². The number of anilines is 2. The van der Waals surface area contributed by atoms with Gasteiger partial charge in [0.2, 0.25) is 5.88 Å². The first-order chi connectivity index (χ1) is 14.9. The highest BCUT2D eigenvalue weighted by Gasteiger charge is 2.33. The lowest BCUT2D eigenvalue weighted by atomic mass is 9.74. The van der Waals surface area contributed by atoms with Gasteiger partial charge >= 0.3 is 5.97 Å². The fourth-order valence-electron chi connectivity index (χ4n) is 4.72. The van der Waals surface area contributed by atoms with Gasteiger partial charge in [0.1, 0.15) is 24.3 Å². The number of aliphatic carboxylic acids is 1. The molecule has 31 heavy (non-hydrogen) atoms. The van der Waals surface area contributed by atoms with E-state index in [1.54, 1.807) is 11.8 Å². The Morgan fingerprint density at radius 3 is 2.52 bits per heavy atom. The second-order valence-corrected chi connectivity index (χ2v) is 8.60. The van der Waals surface area contributed by atoms with Crippen LogP contribution >= 0.6 is 0 Å². The van der Waals surface area contributed by atoms with Crippen LogP contribution in [0, 0.1) is 11.8 Å². The van der Waals surface area contributed by atoms with Gasteiger partial charge < -0.3 is 20.5 Å². The van der Waals surface area contributed by atoms with Crippen molar-refractivity contribution >= 4 is 23.4 Å². The van der Waals surface area contributed by atoms with Crippen LogP contribution in [0.4, 0.5) is 11.5 Å². The van der Waals surface area contributed by atoms with E-state index in [4.69, 9.17) is 10.5 Å². The first-order valence-electron chi connectivity index (χ1n) is 10.8. The third-order valence-electron chi connectivity index (χ3n) is 6.69. The van der Waals surface area contributed by atoms with Crippen molar-refractivity contribution in [2.75, 3.05) is 17.2 Å². The van der Waals surface area contributed by atoms with E-state index in [0.717, 1.165) is 31.4 Å². The van der Waals surface area contributed by atoms with Crippen LogP contribution in [-0.2, 0) is 4.79 Å². The second kappa shape index (κ2) is 8.53. The molecule has 2 aliphatic rings. The molecular weight excluding hydrogens is 396 g/mol. The number of carboxylic acid groups (broad SMARTS) is 1. The number of carbonyl (C=O) groups excluding carboxylic acids is 1. The van der Waals surface area contributed by atoms with Gasteiger partial charge in [-0.2, -0.15) is 0 Å². The lowest BCUT2D eigenvalue weighted by Gasteiger charge is -2.31. The highest BCUT2D eigenvalue weighted by Crippen LogP contribution is 2.39. The molecule has 3 N–H and O–H groups in total. The highest BCUT2D eigenvalue weighted by molar-refractivity contribution is 6.11. The van der Waals surface area contributed by atoms with Crippen molar-refractivity contribution in [2.24, 2.45) is 11.8 Å². The predicted molar refractivity (Wildman–Crippen MR) is 116 cm³/mol. The number of aromatic nitrogens is 2. The fourth-order valence-corrected chi connectivity index (χ4v) is 4.72. The molecule has 1 amide bonds. The summed E-state index contributed by atoms with van der Waals surface area (Å²) in [4.78, 5) is 34.2. The Kier molecular flexibility index (Phi) is 5.80. The summed E-state index contributed by atoms with van der Waals surface area (Å²) in [6, 6.07) is 7.86. The van der Waals surface area contributed by atoms with Gasteiger partial charge in [-0.1, -0.05) is 19.1 Å². The zero-order valence-electron chi connectivity index (χ0n) is 17.8. The molecule has 0 radical (unpaired) electrons. The van der Waals surface area contributed by atoms with Crippen LogP contribution in [0.15, 0.2) is 30.6 Å². The lowest BCUT2D eigenvalue weighted by molar-refractivity contribution is -0.143. The molecule has 0 spiro atoms. The van der Waals surface area contributed by atoms with Gasteiger partial charge in [0.05, 0.1) is 12.0 Å². The van der Waals surface area contributed by atoms with Gasteiger partial charge in [-0.3, -0.25) is 9.59 Å². The molecule has 1 saturated carbocycles. The van der Waals surface area contributed by atoms with Gasteiger partial charge in [-0.25, -0.2) is 9.97 Å². The number of amides is 1. The molecule has 2 aromatic rings. The Bertz CT molecular complexity index is 970. The summed E-state index contributed by atoms with van der Waals surface area (Å²) in [7, 11) is 0. The molecule has 1 aromatic carbocycles. The van der Waals surface area contributed by atoms with Crippen molar-refractivity contribution in [1.82, 2.24) is 9.97 Å². The second-order valence-electron chi connectivity index (χ2n) is 8.60. The summed E-state index contributed by atoms with van der Waals surface area (Å²) < 4.78 is 5.69. The molecule has 8 nitrogen and oxygen atoms in total. The third-order valence-corrected chi connectivity index (χ3v) is 6.69. The van der Waals surface area contributed by atoms with Crippen LogP contribution < -0.4 is 15.4 Å². The molecule has 4 rings (SSSR count). The van der Waals surface area contributed by atoms with Gasteiger partial charge in [-0.15, -0.1) is 0 Å². The summed E-state index contributed by atoms with van der Waals surface area (Å²) >= 11 is 0. The van der Waals surface area contributed by atoms with Crippen LogP contribution in [0.5, 0.6) is 5.88 Å². The Morgan fingerprint density at radius 2 is 1.87 bits per heavy atom. The number of nitrogens with zero attached hydrogens (tertiary/aromatic N) is 3. The van der Waals surface area contributed by atoms with Gasteiger partial charge in [0.25, 0.3) is 5.91 Å². The normalized spacial score (nSPS) is 24.6. The maximum absolute atomic E-state index is 13.2. The van der Waals surface area contributed by atoms with Gasteiger partial charge in [0.15, 0.2) is 0 Å². The van der Waals surface area contributed by atoms with Crippen molar-refractivity contribution in [1.29, 1.82) is 0 Å². The van der Waals surface area contributed by atoms with Crippen molar-refractivity contribution < 1.29 is 19.4 Å². The summed E-state index contributed by atoms with van der Waals surface area (Å²) in [5.41, 5.74) is 8.13. The Balaban J connectivity index is 1.51. The standard InChI is InChI=1S/C23H28N4O4/c1-13-11-31-21-19(20(24)25-12-26-21)22(28)27(13)18-9-7-17(8-10-18)16-5-3-15(4-6-16)14(2)23(29)30/h7-10,12-16H,3-6,11H2,1-2H3,(H,29,30)(H2,24,25,26)/t13-,14?,15-,16-/m0/s1. The minimum atomic E-state index is -0.708. The zero-order valence-corrected chi connectivity index (χ0v) is 17.8. The Morgan fingerprint density at radius 1 is 1.19 bits per heavy atom. The molecule has 1 unspecified atom stereocenters. The molecule has 2 atom stereocenters. The minimum absolute atomic E-state index is 0.109. The van der Waals surface area contributed by atoms with E-state index in [9.17, 15) is 14.7 Å². The molecule has 0 bridgehead atoms. The monoisotopic (exact) mass is 424 g/mol. The smallest absolute Gasteiger partial charge is 0.306 e. The van der Waals surface area contributed by atoms with E-state index < -0.39 is 5.97 Å². The minimum Gasteiger partial charge on any atom is -0.481 e. The first kappa shape index (κ1) is 21.1. The van der Waals surface area contributed by atoms with Crippen LogP contribution in [0.1, 0.15) is 61.4 Å². The van der Waals surface area contributed by atoms with Gasteiger partial charge in [-0.05, 0) is 62.1 Å². The van der Waals surface area contributed by atoms with Crippen molar-refractivity contribution in [2.45, 2.75) is 51.5 Å². The lowest BCUT2D eigenvalue weighted by Crippen LogP contribution is -2.40. The number of hydrogen-bond acceptors (Lipinski definition) is 6. The zero-order chi connectivity index (χ0) is 22.1. The summed E-state index contributed by atoms with van der Waals surface area (Å²) in [6.45, 7) is 4.04. The van der Waals surface area contributed by atoms with Crippen molar-refractivity contribution in [3.63, 3.8) is 0 Å². The number of benzene rings is 1. The van der Waals surface area contributed by atoms with E-state index in [1.807, 2.05) is 19.1 Å². The van der Waals surface area contributed by atoms with E-state index >= 15 is 0 Å². The Labute approximate surface area is 181 Å². The summed E-state index contributed by atoms with van der Waals surface area (Å²) in [6.07, 6.45) is 5.11. The molecule has 2 heterocycles. The van der Waals surface area contributed by atoms with Crippen LogP contribution in [0.25, 0.3) is 0 Å². The molecule has 1 aliphatic carbocycles. The van der Waals surface area contributed by atoms with Crippen molar-refractivity contribution in [3.05, 3.63) is 41.7 Å². The van der Waals surface area contributed by atoms with E-state index in [1.165, 1.54) is 11.9 Å². The van der Waals surface area contributed by atoms with Crippen molar-refractivity contribution in [3.8, 4) is 5.88 Å². The first-order valence-corrected chi connectivity index (χ1v) is 10.8. The summed E-state index contributed by atoms with van der Waals surface area (Å²) in [5.74, 6) is -0.281. The average Bonchev–Trinajstić information content (AvgIpc) is 2.90. The van der Waals surface area contributed by atoms with E-state index in [2.05, 4.69) is 22.1 Å². The molecule has 8 heteroatoms. The number of carbonyl (C=O) groups is 2. The van der Waals surface area contributed by atoms with Crippen LogP contribution in [-0.4, -0.2) is 39.6 Å². The molecule has 1 fully saturated rings. The third kappa shape index (κ3) is 4.06. The average molecular weight is 425 g/mol. The maximum Gasteiger partial charge on any atom is 0.306 e. The molecule has 0 saturated heterocycles. The summed E-state index contributed by atoms with van der Waals surface area (Å²) in [5, 5.41) is 9.26. The number of carboxylic acids is 1. The number of nitrogens with two attached hydrogens (primary N) is 1. The molecule has 164 valence electrons. The number of hydrogen-bond donors (Lipinski definition) is 2. The maximum atomic E-state index is 13.2. The SMILES string of the molecule is CC(C(=O)O)[C@H]1CC[C@H](c2ccc(N3C(=O)c4c(N)ncnc4OC[C@@H]3C)cc2)CC1. The quantitative estimate of drug-likeness (QED) is 0.771. The van der Waals surface area contributed by atoms with Crippen LogP contribution in [0.3, 0.4) is 0 Å². The fraction of sp³-hybridized carbons (Fsp3) is 0.478. The number of nitrogen functional groups attached to an aromatic ring is 1. The Hall–Kier alpha value is -3.16.